The summed E-state index contributed by atoms with van der Waals surface area (Å²) in [6.07, 6.45) is 2.40. The van der Waals surface area contributed by atoms with Gasteiger partial charge < -0.3 is 19.3 Å². The lowest BCUT2D eigenvalue weighted by molar-refractivity contribution is -0.154. The van der Waals surface area contributed by atoms with Crippen molar-refractivity contribution in [3.63, 3.8) is 0 Å². The number of carbonyl (C=O) groups is 1. The second-order valence-corrected chi connectivity index (χ2v) is 8.10. The predicted molar refractivity (Wildman–Crippen MR) is 115 cm³/mol. The molecule has 0 bridgehead atoms. The van der Waals surface area contributed by atoms with Crippen molar-refractivity contribution >= 4 is 11.7 Å². The molecule has 8 heteroatoms. The number of nitrogens with zero attached hydrogens (tertiary/aromatic N) is 4. The molecule has 2 aliphatic rings. The van der Waals surface area contributed by atoms with Gasteiger partial charge in [-0.1, -0.05) is 6.92 Å². The van der Waals surface area contributed by atoms with Crippen LogP contribution in [0.25, 0.3) is 0 Å². The zero-order valence-electron chi connectivity index (χ0n) is 18.1. The highest BCUT2D eigenvalue weighted by Crippen LogP contribution is 2.24. The molecule has 1 unspecified atom stereocenters. The number of aromatic nitrogens is 2. The number of halogens is 1. The molecule has 0 N–H and O–H groups in total. The van der Waals surface area contributed by atoms with Crippen LogP contribution in [0.4, 0.5) is 10.2 Å². The predicted octanol–water partition coefficient (Wildman–Crippen LogP) is 2.76. The summed E-state index contributed by atoms with van der Waals surface area (Å²) in [5, 5.41) is 0. The molecule has 0 saturated carbocycles. The molecule has 0 aliphatic carbocycles. The molecular weight excluding hydrogens is 399 g/mol. The standard InChI is InChI=1S/C23H29FN4O3/c1-3-21-25-16(2)12-22(26-21)27-10-8-18(9-11-27)28-13-20(31-15-23(28)29)14-30-19-6-4-17(24)5-7-19/h4-7,12,18,20H,3,8-11,13-15H2,1-2H3. The quantitative estimate of drug-likeness (QED) is 0.705. The van der Waals surface area contributed by atoms with Gasteiger partial charge in [0.25, 0.3) is 0 Å². The van der Waals surface area contributed by atoms with Crippen LogP contribution >= 0.6 is 0 Å². The minimum atomic E-state index is -0.299. The first-order valence-corrected chi connectivity index (χ1v) is 10.9. The van der Waals surface area contributed by atoms with E-state index >= 15 is 0 Å². The van der Waals surface area contributed by atoms with E-state index in [1.807, 2.05) is 17.9 Å². The van der Waals surface area contributed by atoms with Crippen molar-refractivity contribution < 1.29 is 18.7 Å². The first kappa shape index (κ1) is 21.5. The van der Waals surface area contributed by atoms with Crippen molar-refractivity contribution in [2.24, 2.45) is 0 Å². The van der Waals surface area contributed by atoms with Gasteiger partial charge in [-0.15, -0.1) is 0 Å². The molecule has 31 heavy (non-hydrogen) atoms. The van der Waals surface area contributed by atoms with E-state index < -0.39 is 0 Å². The molecule has 2 aromatic rings. The molecule has 1 amide bonds. The van der Waals surface area contributed by atoms with Gasteiger partial charge in [-0.3, -0.25) is 4.79 Å². The molecule has 4 rings (SSSR count). The lowest BCUT2D eigenvalue weighted by atomic mass is 10.0. The van der Waals surface area contributed by atoms with Crippen LogP contribution in [0.1, 0.15) is 31.3 Å². The Hall–Kier alpha value is -2.74. The van der Waals surface area contributed by atoms with E-state index in [2.05, 4.69) is 21.8 Å². The Kier molecular flexibility index (Phi) is 6.65. The van der Waals surface area contributed by atoms with E-state index in [4.69, 9.17) is 9.47 Å². The third-order valence-electron chi connectivity index (χ3n) is 5.85. The molecule has 1 atom stereocenters. The van der Waals surface area contributed by atoms with Gasteiger partial charge in [-0.05, 0) is 44.0 Å². The number of amides is 1. The van der Waals surface area contributed by atoms with Crippen LogP contribution in [0.2, 0.25) is 0 Å². The zero-order valence-corrected chi connectivity index (χ0v) is 18.1. The minimum absolute atomic E-state index is 0.0302. The van der Waals surface area contributed by atoms with Gasteiger partial charge in [-0.2, -0.15) is 0 Å². The molecule has 2 aliphatic heterocycles. The largest absolute Gasteiger partial charge is 0.491 e. The Labute approximate surface area is 182 Å². The fourth-order valence-corrected chi connectivity index (χ4v) is 4.16. The summed E-state index contributed by atoms with van der Waals surface area (Å²) in [5.74, 6) is 2.16. The monoisotopic (exact) mass is 428 g/mol. The average Bonchev–Trinajstić information content (AvgIpc) is 2.79. The van der Waals surface area contributed by atoms with Gasteiger partial charge in [0.05, 0.1) is 6.54 Å². The average molecular weight is 429 g/mol. The third-order valence-corrected chi connectivity index (χ3v) is 5.85. The van der Waals surface area contributed by atoms with Crippen LogP contribution in [0, 0.1) is 12.7 Å². The van der Waals surface area contributed by atoms with Gasteiger partial charge in [0.15, 0.2) is 0 Å². The van der Waals surface area contributed by atoms with E-state index in [0.29, 0.717) is 18.9 Å². The van der Waals surface area contributed by atoms with Crippen molar-refractivity contribution in [2.45, 2.75) is 45.3 Å². The summed E-state index contributed by atoms with van der Waals surface area (Å²) < 4.78 is 24.4. The number of hydrogen-bond donors (Lipinski definition) is 0. The lowest BCUT2D eigenvalue weighted by Gasteiger charge is -2.42. The fourth-order valence-electron chi connectivity index (χ4n) is 4.16. The second-order valence-electron chi connectivity index (χ2n) is 8.10. The highest BCUT2D eigenvalue weighted by Gasteiger charge is 2.34. The number of anilines is 1. The Morgan fingerprint density at radius 1 is 1.19 bits per heavy atom. The third kappa shape index (κ3) is 5.31. The zero-order chi connectivity index (χ0) is 21.8. The summed E-state index contributed by atoms with van der Waals surface area (Å²) >= 11 is 0. The van der Waals surface area contributed by atoms with Crippen LogP contribution in [0.15, 0.2) is 30.3 Å². The molecule has 1 aromatic carbocycles. The summed E-state index contributed by atoms with van der Waals surface area (Å²) in [6, 6.07) is 8.13. The number of aryl methyl sites for hydroxylation is 2. The maximum Gasteiger partial charge on any atom is 0.248 e. The van der Waals surface area contributed by atoms with E-state index in [0.717, 1.165) is 49.7 Å². The normalized spacial score (nSPS) is 20.2. The Morgan fingerprint density at radius 2 is 1.94 bits per heavy atom. The van der Waals surface area contributed by atoms with Crippen LogP contribution in [-0.4, -0.2) is 65.8 Å². The highest BCUT2D eigenvalue weighted by atomic mass is 19.1. The van der Waals surface area contributed by atoms with Crippen LogP contribution in [-0.2, 0) is 16.0 Å². The minimum Gasteiger partial charge on any atom is -0.491 e. The van der Waals surface area contributed by atoms with Gasteiger partial charge in [-0.25, -0.2) is 14.4 Å². The maximum absolute atomic E-state index is 13.0. The molecule has 2 saturated heterocycles. The lowest BCUT2D eigenvalue weighted by Crippen LogP contribution is -2.55. The van der Waals surface area contributed by atoms with E-state index in [9.17, 15) is 9.18 Å². The van der Waals surface area contributed by atoms with Crippen molar-refractivity contribution in [1.82, 2.24) is 14.9 Å². The van der Waals surface area contributed by atoms with Crippen molar-refractivity contribution in [2.75, 3.05) is 37.7 Å². The summed E-state index contributed by atoms with van der Waals surface area (Å²) in [5.41, 5.74) is 0.983. The number of piperidine rings is 1. The Bertz CT molecular complexity index is 900. The topological polar surface area (TPSA) is 67.8 Å². The summed E-state index contributed by atoms with van der Waals surface area (Å²) in [6.45, 7) is 6.67. The smallest absolute Gasteiger partial charge is 0.248 e. The molecule has 2 fully saturated rings. The highest BCUT2D eigenvalue weighted by molar-refractivity contribution is 5.78. The van der Waals surface area contributed by atoms with Crippen molar-refractivity contribution in [3.05, 3.63) is 47.7 Å². The number of carbonyl (C=O) groups excluding carboxylic acids is 1. The second kappa shape index (κ2) is 9.60. The molecule has 1 aromatic heterocycles. The molecule has 3 heterocycles. The molecule has 166 valence electrons. The number of benzene rings is 1. The molecule has 7 nitrogen and oxygen atoms in total. The Balaban J connectivity index is 1.32. The van der Waals surface area contributed by atoms with Gasteiger partial charge >= 0.3 is 0 Å². The molecular formula is C23H29FN4O3. The molecule has 0 spiro atoms. The SMILES string of the molecule is CCc1nc(C)cc(N2CCC(N3CC(COc4ccc(F)cc4)OCC3=O)CC2)n1. The van der Waals surface area contributed by atoms with E-state index in [1.54, 1.807) is 12.1 Å². The van der Waals surface area contributed by atoms with E-state index in [-0.39, 0.29) is 30.5 Å². The van der Waals surface area contributed by atoms with Crippen molar-refractivity contribution in [1.29, 1.82) is 0 Å². The number of morpholine rings is 1. The van der Waals surface area contributed by atoms with Crippen LogP contribution in [0.5, 0.6) is 5.75 Å². The maximum atomic E-state index is 13.0. The summed E-state index contributed by atoms with van der Waals surface area (Å²) in [4.78, 5) is 25.9. The fraction of sp³-hybridized carbons (Fsp3) is 0.522. The van der Waals surface area contributed by atoms with E-state index in [1.165, 1.54) is 12.1 Å². The number of ether oxygens (including phenoxy) is 2. The van der Waals surface area contributed by atoms with Gasteiger partial charge in [0.1, 0.15) is 42.5 Å². The van der Waals surface area contributed by atoms with Crippen molar-refractivity contribution in [3.8, 4) is 5.75 Å². The molecule has 0 radical (unpaired) electrons. The Morgan fingerprint density at radius 3 is 2.65 bits per heavy atom. The van der Waals surface area contributed by atoms with Crippen LogP contribution in [0.3, 0.4) is 0 Å². The van der Waals surface area contributed by atoms with Gasteiger partial charge in [0, 0.05) is 37.3 Å². The first-order valence-electron chi connectivity index (χ1n) is 10.9. The number of rotatable bonds is 6. The first-order chi connectivity index (χ1) is 15.0. The van der Waals surface area contributed by atoms with Crippen LogP contribution < -0.4 is 9.64 Å². The number of hydrogen-bond acceptors (Lipinski definition) is 6. The summed E-state index contributed by atoms with van der Waals surface area (Å²) in [7, 11) is 0. The van der Waals surface area contributed by atoms with Gasteiger partial charge in [0.2, 0.25) is 5.91 Å².